The zero-order valence-corrected chi connectivity index (χ0v) is 21.3. The number of ether oxygens (including phenoxy) is 1. The summed E-state index contributed by atoms with van der Waals surface area (Å²) in [6, 6.07) is 11.1. The molecule has 1 fully saturated rings. The fourth-order valence-electron chi connectivity index (χ4n) is 3.07. The Morgan fingerprint density at radius 3 is 2.71 bits per heavy atom. The topological polar surface area (TPSA) is 81.9 Å². The van der Waals surface area contributed by atoms with E-state index in [0.29, 0.717) is 32.5 Å². The van der Waals surface area contributed by atoms with Crippen LogP contribution >= 0.6 is 35.0 Å². The second-order valence-electron chi connectivity index (χ2n) is 8.35. The Labute approximate surface area is 212 Å². The van der Waals surface area contributed by atoms with Crippen LogP contribution < -0.4 is 5.32 Å². The van der Waals surface area contributed by atoms with Crippen LogP contribution in [0.3, 0.4) is 0 Å². The summed E-state index contributed by atoms with van der Waals surface area (Å²) in [4.78, 5) is 12.5. The van der Waals surface area contributed by atoms with Gasteiger partial charge in [0.15, 0.2) is 0 Å². The van der Waals surface area contributed by atoms with Gasteiger partial charge in [-0.25, -0.2) is 0 Å². The predicted molar refractivity (Wildman–Crippen MR) is 135 cm³/mol. The van der Waals surface area contributed by atoms with Gasteiger partial charge in [-0.3, -0.25) is 4.79 Å². The fraction of sp³-hybridized carbons (Fsp3) is 0.333. The molecule has 1 saturated carbocycles. The number of methoxy groups -OCH3 is 1. The van der Waals surface area contributed by atoms with E-state index in [9.17, 15) is 4.79 Å². The van der Waals surface area contributed by atoms with E-state index in [0.717, 1.165) is 5.56 Å². The molecule has 1 amide bonds. The molecule has 7 nitrogen and oxygen atoms in total. The molecule has 176 valence electrons. The second kappa shape index (κ2) is 10.4. The van der Waals surface area contributed by atoms with Gasteiger partial charge in [-0.1, -0.05) is 52.9 Å². The average molecular weight is 516 g/mol. The number of rotatable bonds is 7. The number of nitrogens with zero attached hydrogens (tertiary/aromatic N) is 4. The summed E-state index contributed by atoms with van der Waals surface area (Å²) >= 11 is 14.0. The van der Waals surface area contributed by atoms with Crippen molar-refractivity contribution in [2.24, 2.45) is 0 Å². The van der Waals surface area contributed by atoms with Crippen molar-refractivity contribution in [1.82, 2.24) is 20.2 Å². The molecule has 2 aromatic carbocycles. The lowest BCUT2D eigenvalue weighted by molar-refractivity contribution is -0.113. The van der Waals surface area contributed by atoms with Gasteiger partial charge in [-0.15, -0.1) is 5.10 Å². The number of amides is 1. The van der Waals surface area contributed by atoms with Gasteiger partial charge in [-0.2, -0.15) is 4.68 Å². The smallest absolute Gasteiger partial charge is 0.234 e. The molecule has 0 bridgehead atoms. The summed E-state index contributed by atoms with van der Waals surface area (Å²) < 4.78 is 6.84. The Morgan fingerprint density at radius 1 is 1.24 bits per heavy atom. The maximum atomic E-state index is 12.5. The number of halogens is 2. The van der Waals surface area contributed by atoms with E-state index in [1.165, 1.54) is 30.2 Å². The van der Waals surface area contributed by atoms with Gasteiger partial charge in [0.05, 0.1) is 27.2 Å². The normalized spacial score (nSPS) is 13.3. The zero-order valence-electron chi connectivity index (χ0n) is 18.9. The van der Waals surface area contributed by atoms with Gasteiger partial charge in [-0.05, 0) is 78.9 Å². The number of carbonyl (C=O) groups is 1. The number of nitrogens with one attached hydrogen (secondary N) is 1. The first-order valence-electron chi connectivity index (χ1n) is 10.6. The Hall–Kier alpha value is -2.57. The van der Waals surface area contributed by atoms with E-state index >= 15 is 0 Å². The molecule has 0 atom stereocenters. The summed E-state index contributed by atoms with van der Waals surface area (Å²) in [6.07, 6.45) is 2.39. The Balaban J connectivity index is 1.39. The molecule has 1 aromatic heterocycles. The number of hydrogen-bond acceptors (Lipinski definition) is 6. The number of anilines is 1. The predicted octanol–water partition coefficient (Wildman–Crippen LogP) is 5.35. The number of carbonyl (C=O) groups excluding carboxylic acids is 1. The molecular weight excluding hydrogens is 493 g/mol. The number of tetrazole rings is 1. The molecule has 0 saturated heterocycles. The standard InChI is InChI=1S/C24H23Cl2N5O2S/c1-24(2,33-3)11-10-15-4-8-20(18(25)12-15)27-22(32)14-34-23-28-29-30-31(23)21-9-7-17(13-19(21)26)16-5-6-16/h4,7-9,12-13,16H,5-6,14H2,1-3H3,(H,27,32). The van der Waals surface area contributed by atoms with Crippen LogP contribution in [-0.2, 0) is 9.53 Å². The van der Waals surface area contributed by atoms with E-state index < -0.39 is 5.60 Å². The molecule has 3 aromatic rings. The van der Waals surface area contributed by atoms with Crippen LogP contribution in [0.15, 0.2) is 41.6 Å². The molecular formula is C24H23Cl2N5O2S. The third-order valence-electron chi connectivity index (χ3n) is 5.28. The summed E-state index contributed by atoms with van der Waals surface area (Å²) in [5.41, 5.74) is 2.57. The molecule has 1 heterocycles. The Bertz CT molecular complexity index is 1280. The molecule has 0 unspecified atom stereocenters. The van der Waals surface area contributed by atoms with Crippen molar-refractivity contribution < 1.29 is 9.53 Å². The van der Waals surface area contributed by atoms with Gasteiger partial charge >= 0.3 is 0 Å². The van der Waals surface area contributed by atoms with Crippen LogP contribution in [-0.4, -0.2) is 44.6 Å². The van der Waals surface area contributed by atoms with Crippen molar-refractivity contribution in [3.8, 4) is 17.5 Å². The number of hydrogen-bond donors (Lipinski definition) is 1. The van der Waals surface area contributed by atoms with E-state index in [4.69, 9.17) is 27.9 Å². The summed E-state index contributed by atoms with van der Waals surface area (Å²) in [6.45, 7) is 3.75. The molecule has 0 radical (unpaired) electrons. The minimum atomic E-state index is -0.560. The number of thioether (sulfide) groups is 1. The van der Waals surface area contributed by atoms with Crippen LogP contribution in [0.1, 0.15) is 43.7 Å². The lowest BCUT2D eigenvalue weighted by atomic mass is 10.1. The van der Waals surface area contributed by atoms with E-state index in [1.54, 1.807) is 30.0 Å². The highest BCUT2D eigenvalue weighted by Gasteiger charge is 2.24. The first kappa shape index (κ1) is 24.6. The van der Waals surface area contributed by atoms with Crippen molar-refractivity contribution in [1.29, 1.82) is 0 Å². The SMILES string of the molecule is COC(C)(C)C#Cc1ccc(NC(=O)CSc2nnnn2-c2ccc(C3CC3)cc2Cl)c(Cl)c1. The summed E-state index contributed by atoms with van der Waals surface area (Å²) in [7, 11) is 1.61. The molecule has 1 aliphatic carbocycles. The van der Waals surface area contributed by atoms with Crippen molar-refractivity contribution in [2.45, 2.75) is 43.4 Å². The Kier molecular flexibility index (Phi) is 7.48. The molecule has 1 aliphatic rings. The third-order valence-corrected chi connectivity index (χ3v) is 6.82. The summed E-state index contributed by atoms with van der Waals surface area (Å²) in [5.74, 6) is 6.51. The molecule has 1 N–H and O–H groups in total. The summed E-state index contributed by atoms with van der Waals surface area (Å²) in [5, 5.41) is 16.1. The van der Waals surface area contributed by atoms with Gasteiger partial charge in [0.25, 0.3) is 0 Å². The molecule has 10 heteroatoms. The minimum Gasteiger partial charge on any atom is -0.366 e. The fourth-order valence-corrected chi connectivity index (χ4v) is 4.25. The minimum absolute atomic E-state index is 0.0953. The maximum Gasteiger partial charge on any atom is 0.234 e. The van der Waals surface area contributed by atoms with Crippen LogP contribution in [0, 0.1) is 11.8 Å². The first-order chi connectivity index (χ1) is 16.3. The van der Waals surface area contributed by atoms with Crippen molar-refractivity contribution in [2.75, 3.05) is 18.2 Å². The van der Waals surface area contributed by atoms with Gasteiger partial charge < -0.3 is 10.1 Å². The highest BCUT2D eigenvalue weighted by Crippen LogP contribution is 2.41. The third kappa shape index (κ3) is 6.10. The average Bonchev–Trinajstić information content (AvgIpc) is 3.56. The Morgan fingerprint density at radius 2 is 2.03 bits per heavy atom. The monoisotopic (exact) mass is 515 g/mol. The number of aromatic nitrogens is 4. The van der Waals surface area contributed by atoms with E-state index in [-0.39, 0.29) is 11.7 Å². The largest absolute Gasteiger partial charge is 0.366 e. The molecule has 0 aliphatic heterocycles. The van der Waals surface area contributed by atoms with Crippen molar-refractivity contribution >= 4 is 46.6 Å². The molecule has 4 rings (SSSR count). The molecule has 0 spiro atoms. The zero-order chi connectivity index (χ0) is 24.3. The maximum absolute atomic E-state index is 12.5. The first-order valence-corrected chi connectivity index (χ1v) is 12.4. The van der Waals surface area contributed by atoms with Crippen LogP contribution in [0.2, 0.25) is 10.0 Å². The van der Waals surface area contributed by atoms with Crippen molar-refractivity contribution in [3.63, 3.8) is 0 Å². The van der Waals surface area contributed by atoms with Crippen LogP contribution in [0.25, 0.3) is 5.69 Å². The second-order valence-corrected chi connectivity index (χ2v) is 10.1. The van der Waals surface area contributed by atoms with Gasteiger partial charge in [0.1, 0.15) is 5.60 Å². The lowest BCUT2D eigenvalue weighted by Gasteiger charge is -2.14. The van der Waals surface area contributed by atoms with Crippen LogP contribution in [0.4, 0.5) is 5.69 Å². The van der Waals surface area contributed by atoms with Gasteiger partial charge in [0.2, 0.25) is 11.1 Å². The highest BCUT2D eigenvalue weighted by atomic mass is 35.5. The van der Waals surface area contributed by atoms with E-state index in [2.05, 4.69) is 32.7 Å². The lowest BCUT2D eigenvalue weighted by Crippen LogP contribution is -2.19. The van der Waals surface area contributed by atoms with Gasteiger partial charge in [0, 0.05) is 12.7 Å². The number of benzene rings is 2. The quantitative estimate of drug-likeness (QED) is 0.337. The highest BCUT2D eigenvalue weighted by molar-refractivity contribution is 7.99. The van der Waals surface area contributed by atoms with Crippen molar-refractivity contribution in [3.05, 3.63) is 57.6 Å². The van der Waals surface area contributed by atoms with Crippen LogP contribution in [0.5, 0.6) is 0 Å². The van der Waals surface area contributed by atoms with E-state index in [1.807, 2.05) is 32.0 Å². The molecule has 34 heavy (non-hydrogen) atoms.